The SMILES string of the molecule is CCCc1nc(-c2ccc(C)cc2)nc2c1CCNC2. The lowest BCUT2D eigenvalue weighted by Gasteiger charge is -2.20. The molecule has 0 bridgehead atoms. The molecule has 1 aromatic heterocycles. The second-order valence-electron chi connectivity index (χ2n) is 5.46. The van der Waals surface area contributed by atoms with Gasteiger partial charge in [-0.1, -0.05) is 43.2 Å². The summed E-state index contributed by atoms with van der Waals surface area (Å²) in [6.45, 7) is 6.22. The van der Waals surface area contributed by atoms with Crippen molar-refractivity contribution in [3.8, 4) is 11.4 Å². The standard InChI is InChI=1S/C17H21N3/c1-3-4-15-14-9-10-18-11-16(14)20-17(19-15)13-7-5-12(2)6-8-13/h5-8,18H,3-4,9-11H2,1-2H3. The molecule has 0 fully saturated rings. The van der Waals surface area contributed by atoms with Crippen LogP contribution in [0.2, 0.25) is 0 Å². The molecule has 2 heterocycles. The first-order valence-electron chi connectivity index (χ1n) is 7.44. The van der Waals surface area contributed by atoms with E-state index in [1.54, 1.807) is 0 Å². The average Bonchev–Trinajstić information content (AvgIpc) is 2.48. The van der Waals surface area contributed by atoms with Gasteiger partial charge in [-0.2, -0.15) is 0 Å². The molecule has 1 aliphatic rings. The number of aryl methyl sites for hydroxylation is 2. The van der Waals surface area contributed by atoms with E-state index < -0.39 is 0 Å². The van der Waals surface area contributed by atoms with Crippen LogP contribution in [0.5, 0.6) is 0 Å². The normalized spacial score (nSPS) is 14.1. The molecule has 3 heteroatoms. The van der Waals surface area contributed by atoms with Gasteiger partial charge in [0.2, 0.25) is 0 Å². The molecule has 0 spiro atoms. The van der Waals surface area contributed by atoms with E-state index in [2.05, 4.69) is 43.4 Å². The van der Waals surface area contributed by atoms with Crippen molar-refractivity contribution in [2.24, 2.45) is 0 Å². The van der Waals surface area contributed by atoms with E-state index in [9.17, 15) is 0 Å². The van der Waals surface area contributed by atoms with Gasteiger partial charge < -0.3 is 5.32 Å². The molecule has 2 aromatic rings. The lowest BCUT2D eigenvalue weighted by molar-refractivity contribution is 0.614. The first kappa shape index (κ1) is 13.3. The van der Waals surface area contributed by atoms with Gasteiger partial charge in [-0.3, -0.25) is 0 Å². The number of hydrogen-bond acceptors (Lipinski definition) is 3. The van der Waals surface area contributed by atoms with Crippen LogP contribution in [0.25, 0.3) is 11.4 Å². The Morgan fingerprint density at radius 3 is 2.70 bits per heavy atom. The molecule has 1 aromatic carbocycles. The summed E-state index contributed by atoms with van der Waals surface area (Å²) in [7, 11) is 0. The molecule has 0 unspecified atom stereocenters. The van der Waals surface area contributed by atoms with Crippen LogP contribution in [-0.4, -0.2) is 16.5 Å². The fourth-order valence-corrected chi connectivity index (χ4v) is 2.71. The molecule has 3 nitrogen and oxygen atoms in total. The maximum atomic E-state index is 4.84. The minimum atomic E-state index is 0.868. The zero-order chi connectivity index (χ0) is 13.9. The summed E-state index contributed by atoms with van der Waals surface area (Å²) in [4.78, 5) is 9.62. The topological polar surface area (TPSA) is 37.8 Å². The van der Waals surface area contributed by atoms with Crippen molar-refractivity contribution < 1.29 is 0 Å². The molecule has 0 atom stereocenters. The highest BCUT2D eigenvalue weighted by atomic mass is 15.0. The van der Waals surface area contributed by atoms with Crippen LogP contribution >= 0.6 is 0 Å². The van der Waals surface area contributed by atoms with Gasteiger partial charge in [-0.25, -0.2) is 9.97 Å². The monoisotopic (exact) mass is 267 g/mol. The van der Waals surface area contributed by atoms with Gasteiger partial charge >= 0.3 is 0 Å². The van der Waals surface area contributed by atoms with Gasteiger partial charge in [0.25, 0.3) is 0 Å². The minimum absolute atomic E-state index is 0.868. The van der Waals surface area contributed by atoms with Crippen molar-refractivity contribution in [2.75, 3.05) is 6.54 Å². The van der Waals surface area contributed by atoms with Crippen LogP contribution in [0, 0.1) is 6.92 Å². The highest BCUT2D eigenvalue weighted by Gasteiger charge is 2.17. The van der Waals surface area contributed by atoms with E-state index in [0.29, 0.717) is 0 Å². The summed E-state index contributed by atoms with van der Waals surface area (Å²) in [6.07, 6.45) is 3.23. The Morgan fingerprint density at radius 1 is 1.15 bits per heavy atom. The first-order chi connectivity index (χ1) is 9.78. The zero-order valence-corrected chi connectivity index (χ0v) is 12.2. The lowest BCUT2D eigenvalue weighted by atomic mass is 10.0. The lowest BCUT2D eigenvalue weighted by Crippen LogP contribution is -2.26. The predicted molar refractivity (Wildman–Crippen MR) is 81.6 cm³/mol. The van der Waals surface area contributed by atoms with Gasteiger partial charge in [0.05, 0.1) is 5.69 Å². The van der Waals surface area contributed by atoms with Crippen LogP contribution in [-0.2, 0) is 19.4 Å². The van der Waals surface area contributed by atoms with Crippen LogP contribution in [0.4, 0.5) is 0 Å². The molecular formula is C17H21N3. The molecule has 20 heavy (non-hydrogen) atoms. The number of fused-ring (bicyclic) bond motifs is 1. The number of hydrogen-bond donors (Lipinski definition) is 1. The Bertz CT molecular complexity index is 602. The average molecular weight is 267 g/mol. The highest BCUT2D eigenvalue weighted by Crippen LogP contribution is 2.22. The molecule has 0 saturated heterocycles. The minimum Gasteiger partial charge on any atom is -0.311 e. The molecule has 3 rings (SSSR count). The van der Waals surface area contributed by atoms with Crippen LogP contribution in [0.15, 0.2) is 24.3 Å². The Morgan fingerprint density at radius 2 is 1.95 bits per heavy atom. The van der Waals surface area contributed by atoms with E-state index in [1.165, 1.54) is 22.5 Å². The smallest absolute Gasteiger partial charge is 0.159 e. The Hall–Kier alpha value is -1.74. The van der Waals surface area contributed by atoms with E-state index in [4.69, 9.17) is 9.97 Å². The van der Waals surface area contributed by atoms with Gasteiger partial charge in [0.1, 0.15) is 0 Å². The number of nitrogens with zero attached hydrogens (tertiary/aromatic N) is 2. The summed E-state index contributed by atoms with van der Waals surface area (Å²) in [6, 6.07) is 8.47. The van der Waals surface area contributed by atoms with Gasteiger partial charge in [-0.15, -0.1) is 0 Å². The number of aromatic nitrogens is 2. The van der Waals surface area contributed by atoms with Crippen LogP contribution in [0.3, 0.4) is 0 Å². The second-order valence-corrected chi connectivity index (χ2v) is 5.46. The molecule has 0 aliphatic carbocycles. The van der Waals surface area contributed by atoms with Gasteiger partial charge in [-0.05, 0) is 31.9 Å². The number of nitrogens with one attached hydrogen (secondary N) is 1. The molecule has 0 radical (unpaired) electrons. The van der Waals surface area contributed by atoms with Crippen molar-refractivity contribution in [2.45, 2.75) is 39.7 Å². The van der Waals surface area contributed by atoms with E-state index in [1.807, 2.05) is 0 Å². The Labute approximate surface area is 120 Å². The molecule has 104 valence electrons. The summed E-state index contributed by atoms with van der Waals surface area (Å²) < 4.78 is 0. The Kier molecular flexibility index (Phi) is 3.79. The molecular weight excluding hydrogens is 246 g/mol. The van der Waals surface area contributed by atoms with Gasteiger partial charge in [0, 0.05) is 17.8 Å². The first-order valence-corrected chi connectivity index (χ1v) is 7.44. The van der Waals surface area contributed by atoms with Crippen LogP contribution < -0.4 is 5.32 Å². The maximum absolute atomic E-state index is 4.84. The Balaban J connectivity index is 2.07. The highest BCUT2D eigenvalue weighted by molar-refractivity contribution is 5.56. The van der Waals surface area contributed by atoms with Crippen molar-refractivity contribution >= 4 is 0 Å². The molecule has 0 amide bonds. The summed E-state index contributed by atoms with van der Waals surface area (Å²) >= 11 is 0. The quantitative estimate of drug-likeness (QED) is 0.928. The fraction of sp³-hybridized carbons (Fsp3) is 0.412. The molecule has 1 N–H and O–H groups in total. The molecule has 1 aliphatic heterocycles. The van der Waals surface area contributed by atoms with Crippen molar-refractivity contribution in [3.63, 3.8) is 0 Å². The summed E-state index contributed by atoms with van der Waals surface area (Å²) in [5.74, 6) is 0.871. The predicted octanol–water partition coefficient (Wildman–Crippen LogP) is 3.05. The van der Waals surface area contributed by atoms with Crippen LogP contribution in [0.1, 0.15) is 35.9 Å². The number of rotatable bonds is 3. The van der Waals surface area contributed by atoms with Crippen molar-refractivity contribution in [3.05, 3.63) is 46.8 Å². The maximum Gasteiger partial charge on any atom is 0.159 e. The van der Waals surface area contributed by atoms with E-state index in [-0.39, 0.29) is 0 Å². The fourth-order valence-electron chi connectivity index (χ4n) is 2.71. The van der Waals surface area contributed by atoms with Gasteiger partial charge in [0.15, 0.2) is 5.82 Å². The third kappa shape index (κ3) is 2.59. The van der Waals surface area contributed by atoms with Crippen molar-refractivity contribution in [1.82, 2.24) is 15.3 Å². The second kappa shape index (κ2) is 5.71. The van der Waals surface area contributed by atoms with E-state index in [0.717, 1.165) is 43.7 Å². The third-order valence-electron chi connectivity index (χ3n) is 3.82. The number of benzene rings is 1. The molecule has 0 saturated carbocycles. The van der Waals surface area contributed by atoms with E-state index >= 15 is 0 Å². The third-order valence-corrected chi connectivity index (χ3v) is 3.82. The summed E-state index contributed by atoms with van der Waals surface area (Å²) in [5, 5.41) is 3.41. The van der Waals surface area contributed by atoms with Crippen molar-refractivity contribution in [1.29, 1.82) is 0 Å². The largest absolute Gasteiger partial charge is 0.311 e. The summed E-state index contributed by atoms with van der Waals surface area (Å²) in [5.41, 5.74) is 6.18. The zero-order valence-electron chi connectivity index (χ0n) is 12.2.